The largest absolute Gasteiger partial charge is 0.486 e. The molecule has 2 heterocycles. The van der Waals surface area contributed by atoms with Crippen LogP contribution in [0.1, 0.15) is 6.92 Å². The molecule has 114 valence electrons. The summed E-state index contributed by atoms with van der Waals surface area (Å²) in [6.45, 7) is 1.42. The minimum Gasteiger partial charge on any atom is -0.486 e. The van der Waals surface area contributed by atoms with Crippen molar-refractivity contribution >= 4 is 45.5 Å². The molecule has 0 saturated heterocycles. The maximum atomic E-state index is 10.9. The lowest BCUT2D eigenvalue weighted by Crippen LogP contribution is -2.07. The summed E-state index contributed by atoms with van der Waals surface area (Å²) in [5, 5.41) is 3.97. The smallest absolute Gasteiger partial charge is 0.222 e. The van der Waals surface area contributed by atoms with E-state index in [1.807, 2.05) is 0 Å². The second-order valence-electron chi connectivity index (χ2n) is 3.77. The highest BCUT2D eigenvalue weighted by Crippen LogP contribution is 2.34. The topological polar surface area (TPSA) is 102 Å². The molecular formula is C12H12N6O2S2. The summed E-state index contributed by atoms with van der Waals surface area (Å²) in [7, 11) is 4.30. The standard InChI is InChI=1S/C12H12N6O2S2/c1-8(19)18-10-4-16-12(6-14-10)22-21-11-5-13-9(3-15-11)17-7-20-2/h3-7H,1-2H3,(H,14,18,19)/b17-7-. The molecule has 0 unspecified atom stereocenters. The quantitative estimate of drug-likeness (QED) is 0.487. The van der Waals surface area contributed by atoms with Gasteiger partial charge in [-0.2, -0.15) is 4.99 Å². The van der Waals surface area contributed by atoms with E-state index in [-0.39, 0.29) is 5.91 Å². The van der Waals surface area contributed by atoms with Gasteiger partial charge in [0, 0.05) is 6.92 Å². The molecule has 0 atom stereocenters. The first-order valence-corrected chi connectivity index (χ1v) is 8.14. The number of amides is 1. The zero-order valence-corrected chi connectivity index (χ0v) is 13.4. The zero-order valence-electron chi connectivity index (χ0n) is 11.8. The Hall–Kier alpha value is -2.20. The monoisotopic (exact) mass is 336 g/mol. The molecule has 22 heavy (non-hydrogen) atoms. The number of carbonyl (C=O) groups is 1. The summed E-state index contributed by atoms with van der Waals surface area (Å²) in [5.41, 5.74) is 0. The summed E-state index contributed by atoms with van der Waals surface area (Å²) in [6, 6.07) is 0. The van der Waals surface area contributed by atoms with Crippen LogP contribution in [0.15, 0.2) is 39.8 Å². The Morgan fingerprint density at radius 1 is 1.14 bits per heavy atom. The van der Waals surface area contributed by atoms with Gasteiger partial charge in [0.25, 0.3) is 0 Å². The van der Waals surface area contributed by atoms with E-state index >= 15 is 0 Å². The minimum atomic E-state index is -0.185. The molecular weight excluding hydrogens is 324 g/mol. The van der Waals surface area contributed by atoms with Gasteiger partial charge in [-0.1, -0.05) is 0 Å². The van der Waals surface area contributed by atoms with Gasteiger partial charge < -0.3 is 10.1 Å². The van der Waals surface area contributed by atoms with Gasteiger partial charge in [0.15, 0.2) is 18.0 Å². The molecule has 0 aliphatic heterocycles. The van der Waals surface area contributed by atoms with Crippen molar-refractivity contribution in [3.8, 4) is 0 Å². The minimum absolute atomic E-state index is 0.185. The number of hydrogen-bond acceptors (Lipinski definition) is 9. The molecule has 0 fully saturated rings. The van der Waals surface area contributed by atoms with Crippen LogP contribution in [0.3, 0.4) is 0 Å². The molecule has 0 radical (unpaired) electrons. The molecule has 0 aliphatic carbocycles. The number of nitrogens with zero attached hydrogens (tertiary/aromatic N) is 5. The predicted octanol–water partition coefficient (Wildman–Crippen LogP) is 2.33. The first kappa shape index (κ1) is 16.2. The lowest BCUT2D eigenvalue weighted by Gasteiger charge is -2.02. The Morgan fingerprint density at radius 3 is 2.32 bits per heavy atom. The van der Waals surface area contributed by atoms with Crippen LogP contribution in [0, 0.1) is 0 Å². The predicted molar refractivity (Wildman–Crippen MR) is 85.2 cm³/mol. The molecule has 0 aliphatic rings. The Labute approximate surface area is 134 Å². The normalized spacial score (nSPS) is 10.6. The van der Waals surface area contributed by atoms with Gasteiger partial charge in [0.05, 0.1) is 31.9 Å². The van der Waals surface area contributed by atoms with E-state index in [9.17, 15) is 4.79 Å². The third-order valence-electron chi connectivity index (χ3n) is 2.05. The molecule has 2 aromatic heterocycles. The fourth-order valence-corrected chi connectivity index (χ4v) is 2.80. The first-order chi connectivity index (χ1) is 10.7. The molecule has 2 rings (SSSR count). The van der Waals surface area contributed by atoms with Crippen LogP contribution in [0.4, 0.5) is 11.6 Å². The maximum Gasteiger partial charge on any atom is 0.222 e. The van der Waals surface area contributed by atoms with Gasteiger partial charge in [0.2, 0.25) is 5.91 Å². The Kier molecular flexibility index (Phi) is 6.10. The van der Waals surface area contributed by atoms with Crippen molar-refractivity contribution < 1.29 is 9.53 Å². The molecule has 10 heteroatoms. The number of aromatic nitrogens is 4. The Bertz CT molecular complexity index is 648. The van der Waals surface area contributed by atoms with E-state index in [2.05, 4.69) is 30.2 Å². The molecule has 2 aromatic rings. The molecule has 0 aromatic carbocycles. The van der Waals surface area contributed by atoms with Crippen molar-refractivity contribution in [2.75, 3.05) is 12.4 Å². The second kappa shape index (κ2) is 8.29. The van der Waals surface area contributed by atoms with Crippen LogP contribution in [0.5, 0.6) is 0 Å². The highest BCUT2D eigenvalue weighted by Gasteiger charge is 2.03. The highest BCUT2D eigenvalue weighted by molar-refractivity contribution is 8.76. The summed E-state index contributed by atoms with van der Waals surface area (Å²) in [4.78, 5) is 31.4. The van der Waals surface area contributed by atoms with E-state index in [1.54, 1.807) is 18.6 Å². The van der Waals surface area contributed by atoms with Gasteiger partial charge >= 0.3 is 0 Å². The number of rotatable bonds is 6. The summed E-state index contributed by atoms with van der Waals surface area (Å²) in [5.74, 6) is 0.702. The van der Waals surface area contributed by atoms with Crippen molar-refractivity contribution in [1.29, 1.82) is 0 Å². The number of aliphatic imine (C=N–C) groups is 1. The van der Waals surface area contributed by atoms with E-state index in [1.165, 1.54) is 48.2 Å². The third kappa shape index (κ3) is 5.30. The lowest BCUT2D eigenvalue weighted by molar-refractivity contribution is -0.114. The van der Waals surface area contributed by atoms with Crippen molar-refractivity contribution in [2.24, 2.45) is 4.99 Å². The molecule has 1 N–H and O–H groups in total. The van der Waals surface area contributed by atoms with Crippen LogP contribution in [0.25, 0.3) is 0 Å². The van der Waals surface area contributed by atoms with Gasteiger partial charge in [-0.25, -0.2) is 19.9 Å². The Morgan fingerprint density at radius 2 is 1.82 bits per heavy atom. The summed E-state index contributed by atoms with van der Waals surface area (Å²) < 4.78 is 4.70. The number of ether oxygens (including phenoxy) is 1. The molecule has 0 bridgehead atoms. The summed E-state index contributed by atoms with van der Waals surface area (Å²) >= 11 is 0. The third-order valence-corrected chi connectivity index (χ3v) is 4.17. The fraction of sp³-hybridized carbons (Fsp3) is 0.167. The van der Waals surface area contributed by atoms with Crippen molar-refractivity contribution in [3.63, 3.8) is 0 Å². The number of methoxy groups -OCH3 is 1. The maximum absolute atomic E-state index is 10.9. The van der Waals surface area contributed by atoms with Gasteiger partial charge in [-0.15, -0.1) is 0 Å². The second-order valence-corrected chi connectivity index (χ2v) is 5.94. The van der Waals surface area contributed by atoms with Crippen LogP contribution in [0.2, 0.25) is 0 Å². The van der Waals surface area contributed by atoms with Crippen LogP contribution in [-0.4, -0.2) is 39.4 Å². The fourth-order valence-electron chi connectivity index (χ4n) is 1.22. The van der Waals surface area contributed by atoms with Gasteiger partial charge in [-0.3, -0.25) is 4.79 Å². The highest BCUT2D eigenvalue weighted by atomic mass is 33.1. The number of anilines is 1. The molecule has 0 saturated carbocycles. The molecule has 1 amide bonds. The zero-order chi connectivity index (χ0) is 15.8. The van der Waals surface area contributed by atoms with E-state index in [4.69, 9.17) is 4.74 Å². The number of carbonyl (C=O) groups excluding carboxylic acids is 1. The molecule has 0 spiro atoms. The average Bonchev–Trinajstić information content (AvgIpc) is 2.53. The number of hydrogen-bond donors (Lipinski definition) is 1. The SMILES string of the molecule is CO/C=N\c1cnc(SSc2cnc(NC(C)=O)cn2)cn1. The van der Waals surface area contributed by atoms with Crippen LogP contribution >= 0.6 is 21.6 Å². The van der Waals surface area contributed by atoms with Crippen LogP contribution in [-0.2, 0) is 9.53 Å². The lowest BCUT2D eigenvalue weighted by atomic mass is 10.6. The van der Waals surface area contributed by atoms with E-state index in [0.29, 0.717) is 21.7 Å². The molecule has 8 nitrogen and oxygen atoms in total. The van der Waals surface area contributed by atoms with Crippen molar-refractivity contribution in [2.45, 2.75) is 17.0 Å². The van der Waals surface area contributed by atoms with Crippen LogP contribution < -0.4 is 5.32 Å². The first-order valence-electron chi connectivity index (χ1n) is 5.99. The number of nitrogens with one attached hydrogen (secondary N) is 1. The average molecular weight is 336 g/mol. The van der Waals surface area contributed by atoms with Crippen molar-refractivity contribution in [3.05, 3.63) is 24.8 Å². The van der Waals surface area contributed by atoms with Gasteiger partial charge in [0.1, 0.15) is 10.1 Å². The van der Waals surface area contributed by atoms with E-state index in [0.717, 1.165) is 0 Å². The summed E-state index contributed by atoms with van der Waals surface area (Å²) in [6.07, 6.45) is 7.52. The Balaban J connectivity index is 1.89. The van der Waals surface area contributed by atoms with Crippen molar-refractivity contribution in [1.82, 2.24) is 19.9 Å². The van der Waals surface area contributed by atoms with E-state index < -0.39 is 0 Å². The van der Waals surface area contributed by atoms with Gasteiger partial charge in [-0.05, 0) is 21.6 Å².